The summed E-state index contributed by atoms with van der Waals surface area (Å²) in [7, 11) is 1.21. The number of carbonyl (C=O) groups is 3. The van der Waals surface area contributed by atoms with Crippen molar-refractivity contribution in [2.24, 2.45) is 5.73 Å². The number of esters is 1. The summed E-state index contributed by atoms with van der Waals surface area (Å²) >= 11 is 0. The average Bonchev–Trinajstić information content (AvgIpc) is 2.44. The summed E-state index contributed by atoms with van der Waals surface area (Å²) in [5, 5.41) is 14.4. The normalized spacial score (nSPS) is 11.4. The highest BCUT2D eigenvalue weighted by Crippen LogP contribution is 2.14. The quantitative estimate of drug-likeness (QED) is 0.555. The maximum atomic E-state index is 11.7. The fourth-order valence-corrected chi connectivity index (χ4v) is 1.73. The van der Waals surface area contributed by atoms with Crippen LogP contribution in [0, 0.1) is 6.92 Å². The van der Waals surface area contributed by atoms with Crippen LogP contribution < -0.4 is 16.4 Å². The second-order valence-electron chi connectivity index (χ2n) is 4.72. The van der Waals surface area contributed by atoms with E-state index >= 15 is 0 Å². The van der Waals surface area contributed by atoms with Gasteiger partial charge >= 0.3 is 12.0 Å². The van der Waals surface area contributed by atoms with Gasteiger partial charge in [0.05, 0.1) is 19.6 Å². The van der Waals surface area contributed by atoms with Crippen molar-refractivity contribution in [3.05, 3.63) is 29.3 Å². The summed E-state index contributed by atoms with van der Waals surface area (Å²) < 4.78 is 4.40. The molecule has 0 heterocycles. The van der Waals surface area contributed by atoms with Gasteiger partial charge in [0, 0.05) is 17.8 Å². The zero-order chi connectivity index (χ0) is 16.7. The Bertz CT molecular complexity index is 574. The number of hydrogen-bond acceptors (Lipinski definition) is 5. The number of hydrogen-bond donors (Lipinski definition) is 4. The number of urea groups is 1. The SMILES string of the molecule is COC(=O)CC(O)CNC(=O)Nc1cc(C)cc(C(N)=O)c1. The fraction of sp³-hybridized carbons (Fsp3) is 0.357. The molecule has 0 saturated heterocycles. The van der Waals surface area contributed by atoms with Gasteiger partial charge in [-0.25, -0.2) is 4.79 Å². The van der Waals surface area contributed by atoms with Gasteiger partial charge in [-0.05, 0) is 30.7 Å². The van der Waals surface area contributed by atoms with Crippen molar-refractivity contribution < 1.29 is 24.2 Å². The number of methoxy groups -OCH3 is 1. The number of aryl methyl sites for hydroxylation is 1. The van der Waals surface area contributed by atoms with Crippen LogP contribution in [0.3, 0.4) is 0 Å². The van der Waals surface area contributed by atoms with Crippen LogP contribution in [0.2, 0.25) is 0 Å². The molecule has 0 spiro atoms. The summed E-state index contributed by atoms with van der Waals surface area (Å²) in [4.78, 5) is 33.8. The molecule has 22 heavy (non-hydrogen) atoms. The first-order chi connectivity index (χ1) is 10.3. The second kappa shape index (κ2) is 7.99. The molecule has 0 radical (unpaired) electrons. The molecular formula is C14H19N3O5. The van der Waals surface area contributed by atoms with Crippen molar-refractivity contribution >= 4 is 23.6 Å². The first-order valence-corrected chi connectivity index (χ1v) is 6.53. The molecular weight excluding hydrogens is 290 g/mol. The lowest BCUT2D eigenvalue weighted by Gasteiger charge is -2.12. The molecule has 5 N–H and O–H groups in total. The molecule has 1 atom stereocenters. The minimum Gasteiger partial charge on any atom is -0.469 e. The van der Waals surface area contributed by atoms with Gasteiger partial charge in [-0.15, -0.1) is 0 Å². The van der Waals surface area contributed by atoms with E-state index in [-0.39, 0.29) is 18.5 Å². The van der Waals surface area contributed by atoms with Crippen molar-refractivity contribution in [3.8, 4) is 0 Å². The van der Waals surface area contributed by atoms with E-state index in [2.05, 4.69) is 15.4 Å². The summed E-state index contributed by atoms with van der Waals surface area (Å²) in [6.07, 6.45) is -1.26. The Morgan fingerprint density at radius 3 is 2.59 bits per heavy atom. The van der Waals surface area contributed by atoms with E-state index in [0.717, 1.165) is 5.56 Å². The van der Waals surface area contributed by atoms with Crippen LogP contribution in [0.4, 0.5) is 10.5 Å². The van der Waals surface area contributed by atoms with Gasteiger partial charge in [0.15, 0.2) is 0 Å². The van der Waals surface area contributed by atoms with Crippen LogP contribution in [-0.2, 0) is 9.53 Å². The topological polar surface area (TPSA) is 131 Å². The number of ether oxygens (including phenoxy) is 1. The number of nitrogens with two attached hydrogens (primary N) is 1. The molecule has 0 aliphatic rings. The number of carbonyl (C=O) groups excluding carboxylic acids is 3. The molecule has 0 aromatic heterocycles. The molecule has 0 aliphatic carbocycles. The highest BCUT2D eigenvalue weighted by atomic mass is 16.5. The zero-order valence-electron chi connectivity index (χ0n) is 12.4. The van der Waals surface area contributed by atoms with Crippen LogP contribution in [0.1, 0.15) is 22.3 Å². The van der Waals surface area contributed by atoms with E-state index in [1.807, 2.05) is 0 Å². The van der Waals surface area contributed by atoms with E-state index < -0.39 is 24.0 Å². The van der Waals surface area contributed by atoms with Gasteiger partial charge in [-0.1, -0.05) is 0 Å². The zero-order valence-corrected chi connectivity index (χ0v) is 12.4. The van der Waals surface area contributed by atoms with Gasteiger partial charge in [0.2, 0.25) is 5.91 Å². The Balaban J connectivity index is 2.55. The molecule has 0 aliphatic heterocycles. The van der Waals surface area contributed by atoms with Gasteiger partial charge < -0.3 is 26.2 Å². The molecule has 3 amide bonds. The van der Waals surface area contributed by atoms with E-state index in [1.54, 1.807) is 19.1 Å². The Morgan fingerprint density at radius 2 is 2.00 bits per heavy atom. The van der Waals surface area contributed by atoms with Crippen LogP contribution >= 0.6 is 0 Å². The Morgan fingerprint density at radius 1 is 1.32 bits per heavy atom. The largest absolute Gasteiger partial charge is 0.469 e. The Labute approximate surface area is 127 Å². The molecule has 1 rings (SSSR count). The predicted molar refractivity (Wildman–Crippen MR) is 79.4 cm³/mol. The van der Waals surface area contributed by atoms with Crippen molar-refractivity contribution in [1.29, 1.82) is 0 Å². The van der Waals surface area contributed by atoms with Crippen LogP contribution in [0.5, 0.6) is 0 Å². The number of rotatable bonds is 6. The molecule has 1 aromatic rings. The van der Waals surface area contributed by atoms with Crippen molar-refractivity contribution in [1.82, 2.24) is 5.32 Å². The first kappa shape index (κ1) is 17.4. The number of anilines is 1. The molecule has 0 bridgehead atoms. The van der Waals surface area contributed by atoms with Crippen LogP contribution in [0.15, 0.2) is 18.2 Å². The number of benzene rings is 1. The third-order valence-corrected chi connectivity index (χ3v) is 2.75. The van der Waals surface area contributed by atoms with Crippen LogP contribution in [0.25, 0.3) is 0 Å². The summed E-state index contributed by atoms with van der Waals surface area (Å²) in [5.74, 6) is -1.17. The fourth-order valence-electron chi connectivity index (χ4n) is 1.73. The van der Waals surface area contributed by atoms with E-state index in [1.165, 1.54) is 13.2 Å². The summed E-state index contributed by atoms with van der Waals surface area (Å²) in [6, 6.07) is 4.13. The molecule has 8 heteroatoms. The van der Waals surface area contributed by atoms with Crippen molar-refractivity contribution in [2.45, 2.75) is 19.4 Å². The highest BCUT2D eigenvalue weighted by molar-refractivity contribution is 5.96. The van der Waals surface area contributed by atoms with Gasteiger partial charge in [-0.2, -0.15) is 0 Å². The maximum absolute atomic E-state index is 11.7. The summed E-state index contributed by atoms with van der Waals surface area (Å²) in [6.45, 7) is 1.64. The average molecular weight is 309 g/mol. The highest BCUT2D eigenvalue weighted by Gasteiger charge is 2.12. The number of amides is 3. The molecule has 1 unspecified atom stereocenters. The van der Waals surface area contributed by atoms with E-state index in [9.17, 15) is 19.5 Å². The lowest BCUT2D eigenvalue weighted by atomic mass is 10.1. The van der Waals surface area contributed by atoms with E-state index in [4.69, 9.17) is 5.73 Å². The maximum Gasteiger partial charge on any atom is 0.319 e. The number of primary amides is 1. The second-order valence-corrected chi connectivity index (χ2v) is 4.72. The van der Waals surface area contributed by atoms with Gasteiger partial charge in [0.25, 0.3) is 0 Å². The smallest absolute Gasteiger partial charge is 0.319 e. The molecule has 1 aromatic carbocycles. The standard InChI is InChI=1S/C14H19N3O5/c1-8-3-9(13(15)20)5-10(4-8)17-14(21)16-7-11(18)6-12(19)22-2/h3-5,11,18H,6-7H2,1-2H3,(H2,15,20)(H2,16,17,21). The number of aliphatic hydroxyl groups excluding tert-OH is 1. The van der Waals surface area contributed by atoms with Gasteiger partial charge in [-0.3, -0.25) is 9.59 Å². The third-order valence-electron chi connectivity index (χ3n) is 2.75. The monoisotopic (exact) mass is 309 g/mol. The predicted octanol–water partition coefficient (Wildman–Crippen LogP) is 0.139. The van der Waals surface area contributed by atoms with Crippen molar-refractivity contribution in [2.75, 3.05) is 19.0 Å². The minimum atomic E-state index is -1.04. The summed E-state index contributed by atoms with van der Waals surface area (Å²) in [5.41, 5.74) is 6.63. The third kappa shape index (κ3) is 5.80. The Kier molecular flexibility index (Phi) is 6.33. The molecule has 120 valence electrons. The number of aliphatic hydroxyl groups is 1. The molecule has 8 nitrogen and oxygen atoms in total. The molecule has 0 fully saturated rings. The Hall–Kier alpha value is -2.61. The van der Waals surface area contributed by atoms with E-state index in [0.29, 0.717) is 5.69 Å². The van der Waals surface area contributed by atoms with Gasteiger partial charge in [0.1, 0.15) is 0 Å². The molecule has 0 saturated carbocycles. The lowest BCUT2D eigenvalue weighted by molar-refractivity contribution is -0.142. The van der Waals surface area contributed by atoms with Crippen molar-refractivity contribution in [3.63, 3.8) is 0 Å². The number of nitrogens with one attached hydrogen (secondary N) is 2. The van der Waals surface area contributed by atoms with Crippen LogP contribution in [-0.4, -0.2) is 42.8 Å². The minimum absolute atomic E-state index is 0.116. The first-order valence-electron chi connectivity index (χ1n) is 6.53. The lowest BCUT2D eigenvalue weighted by Crippen LogP contribution is -2.36.